The van der Waals surface area contributed by atoms with Crippen molar-refractivity contribution in [3.63, 3.8) is 0 Å². The number of rotatable bonds is 5. The first kappa shape index (κ1) is 13.6. The molecule has 0 radical (unpaired) electrons. The molecule has 0 fully saturated rings. The zero-order valence-electron chi connectivity index (χ0n) is 10.9. The van der Waals surface area contributed by atoms with E-state index in [1.807, 2.05) is 12.1 Å². The number of nitrogens with one attached hydrogen (secondary N) is 2. The second kappa shape index (κ2) is 5.44. The van der Waals surface area contributed by atoms with Crippen LogP contribution in [0.5, 0.6) is 0 Å². The highest BCUT2D eigenvalue weighted by Crippen LogP contribution is 2.21. The average Bonchev–Trinajstić information content (AvgIpc) is 2.90. The molecule has 6 heteroatoms. The van der Waals surface area contributed by atoms with Gasteiger partial charge in [-0.25, -0.2) is 8.42 Å². The van der Waals surface area contributed by atoms with Crippen LogP contribution in [0.3, 0.4) is 0 Å². The molecule has 2 rings (SSSR count). The molecule has 1 heterocycles. The van der Waals surface area contributed by atoms with Crippen molar-refractivity contribution in [1.29, 1.82) is 0 Å². The normalized spacial score (nSPS) is 13.2. The fraction of sp³-hybridized carbons (Fsp3) is 0.308. The van der Waals surface area contributed by atoms with Gasteiger partial charge in [0.05, 0.1) is 11.1 Å². The number of sulfonamides is 1. The maximum atomic E-state index is 12.1. The number of hydrogen-bond acceptors (Lipinski definition) is 3. The lowest BCUT2D eigenvalue weighted by Gasteiger charge is -2.10. The zero-order valence-corrected chi connectivity index (χ0v) is 11.7. The van der Waals surface area contributed by atoms with Crippen molar-refractivity contribution >= 4 is 15.8 Å². The molecular weight excluding hydrogens is 262 g/mol. The molecule has 1 atom stereocenters. The first-order valence-electron chi connectivity index (χ1n) is 6.15. The first-order valence-corrected chi connectivity index (χ1v) is 7.63. The Bertz CT molecular complexity index is 618. The van der Waals surface area contributed by atoms with Crippen molar-refractivity contribution in [2.45, 2.75) is 31.1 Å². The fourth-order valence-corrected chi connectivity index (χ4v) is 2.74. The van der Waals surface area contributed by atoms with Gasteiger partial charge in [-0.05, 0) is 30.0 Å². The Morgan fingerprint density at radius 3 is 2.47 bits per heavy atom. The third-order valence-electron chi connectivity index (χ3n) is 3.12. The standard InChI is InChI=1S/C13H17N3O2S/c1-3-10(2)11-4-6-12(7-5-11)19(17,18)16-13-8-9-14-15-13/h4-10H,3H2,1-2H3,(H2,14,15,16). The molecule has 2 aromatic rings. The van der Waals surface area contributed by atoms with Crippen LogP contribution in [0.1, 0.15) is 31.7 Å². The van der Waals surface area contributed by atoms with Crippen LogP contribution in [-0.4, -0.2) is 18.6 Å². The van der Waals surface area contributed by atoms with E-state index in [-0.39, 0.29) is 4.90 Å². The van der Waals surface area contributed by atoms with Crippen molar-refractivity contribution in [3.8, 4) is 0 Å². The SMILES string of the molecule is CCC(C)c1ccc(S(=O)(=O)Nc2ccn[nH]2)cc1. The second-order valence-electron chi connectivity index (χ2n) is 4.45. The number of benzene rings is 1. The van der Waals surface area contributed by atoms with E-state index in [0.29, 0.717) is 11.7 Å². The summed E-state index contributed by atoms with van der Waals surface area (Å²) < 4.78 is 26.6. The van der Waals surface area contributed by atoms with Crippen LogP contribution in [0.25, 0.3) is 0 Å². The molecule has 5 nitrogen and oxygen atoms in total. The number of nitrogens with zero attached hydrogens (tertiary/aromatic N) is 1. The van der Waals surface area contributed by atoms with Crippen molar-refractivity contribution < 1.29 is 8.42 Å². The summed E-state index contributed by atoms with van der Waals surface area (Å²) in [7, 11) is -3.55. The summed E-state index contributed by atoms with van der Waals surface area (Å²) in [4.78, 5) is 0.245. The minimum absolute atomic E-state index is 0.245. The summed E-state index contributed by atoms with van der Waals surface area (Å²) >= 11 is 0. The van der Waals surface area contributed by atoms with E-state index in [1.165, 1.54) is 6.20 Å². The van der Waals surface area contributed by atoms with Gasteiger partial charge >= 0.3 is 0 Å². The number of H-pyrrole nitrogens is 1. The Balaban J connectivity index is 2.21. The monoisotopic (exact) mass is 279 g/mol. The highest BCUT2D eigenvalue weighted by Gasteiger charge is 2.15. The second-order valence-corrected chi connectivity index (χ2v) is 6.14. The van der Waals surface area contributed by atoms with E-state index in [4.69, 9.17) is 0 Å². The van der Waals surface area contributed by atoms with E-state index in [2.05, 4.69) is 28.8 Å². The van der Waals surface area contributed by atoms with E-state index >= 15 is 0 Å². The van der Waals surface area contributed by atoms with Crippen LogP contribution in [0.2, 0.25) is 0 Å². The summed E-state index contributed by atoms with van der Waals surface area (Å²) in [5.74, 6) is 0.781. The molecule has 102 valence electrons. The molecule has 0 saturated heterocycles. The Hall–Kier alpha value is -1.82. The van der Waals surface area contributed by atoms with E-state index in [0.717, 1.165) is 12.0 Å². The highest BCUT2D eigenvalue weighted by atomic mass is 32.2. The molecule has 1 aromatic carbocycles. The minimum Gasteiger partial charge on any atom is -0.264 e. The maximum Gasteiger partial charge on any atom is 0.263 e. The molecule has 1 aromatic heterocycles. The van der Waals surface area contributed by atoms with Crippen LogP contribution in [0.15, 0.2) is 41.4 Å². The number of hydrogen-bond donors (Lipinski definition) is 2. The molecule has 1 unspecified atom stereocenters. The quantitative estimate of drug-likeness (QED) is 0.883. The lowest BCUT2D eigenvalue weighted by atomic mass is 9.99. The molecule has 19 heavy (non-hydrogen) atoms. The summed E-state index contributed by atoms with van der Waals surface area (Å²) in [6.45, 7) is 4.22. The van der Waals surface area contributed by atoms with Gasteiger partial charge in [0.2, 0.25) is 0 Å². The topological polar surface area (TPSA) is 74.8 Å². The Labute approximate surface area is 113 Å². The lowest BCUT2D eigenvalue weighted by Crippen LogP contribution is -2.13. The first-order chi connectivity index (χ1) is 9.03. The van der Waals surface area contributed by atoms with E-state index < -0.39 is 10.0 Å². The molecule has 0 spiro atoms. The van der Waals surface area contributed by atoms with Crippen LogP contribution < -0.4 is 4.72 Å². The predicted molar refractivity (Wildman–Crippen MR) is 74.5 cm³/mol. The summed E-state index contributed by atoms with van der Waals surface area (Å²) in [5, 5.41) is 6.26. The number of anilines is 1. The zero-order chi connectivity index (χ0) is 13.9. The van der Waals surface area contributed by atoms with E-state index in [9.17, 15) is 8.42 Å². The summed E-state index contributed by atoms with van der Waals surface area (Å²) in [5.41, 5.74) is 1.14. The third kappa shape index (κ3) is 3.14. The smallest absolute Gasteiger partial charge is 0.263 e. The molecule has 0 aliphatic carbocycles. The molecule has 0 bridgehead atoms. The van der Waals surface area contributed by atoms with Gasteiger partial charge in [0.1, 0.15) is 5.82 Å². The number of aromatic amines is 1. The van der Waals surface area contributed by atoms with Crippen molar-refractivity contribution in [2.75, 3.05) is 4.72 Å². The van der Waals surface area contributed by atoms with Gasteiger partial charge in [0.25, 0.3) is 10.0 Å². The minimum atomic E-state index is -3.55. The fourth-order valence-electron chi connectivity index (χ4n) is 1.73. The Kier molecular flexibility index (Phi) is 3.90. The van der Waals surface area contributed by atoms with Gasteiger partial charge in [-0.1, -0.05) is 26.0 Å². The summed E-state index contributed by atoms with van der Waals surface area (Å²) in [6.07, 6.45) is 2.52. The number of aromatic nitrogens is 2. The third-order valence-corrected chi connectivity index (χ3v) is 4.50. The highest BCUT2D eigenvalue weighted by molar-refractivity contribution is 7.92. The molecule has 0 amide bonds. The Morgan fingerprint density at radius 1 is 1.26 bits per heavy atom. The van der Waals surface area contributed by atoms with Crippen LogP contribution >= 0.6 is 0 Å². The summed E-state index contributed by atoms with van der Waals surface area (Å²) in [6, 6.07) is 8.52. The maximum absolute atomic E-state index is 12.1. The molecule has 0 aliphatic heterocycles. The average molecular weight is 279 g/mol. The van der Waals surface area contributed by atoms with Gasteiger partial charge in [-0.15, -0.1) is 0 Å². The molecule has 0 aliphatic rings. The van der Waals surface area contributed by atoms with Crippen LogP contribution in [-0.2, 0) is 10.0 Å². The van der Waals surface area contributed by atoms with Gasteiger partial charge in [0, 0.05) is 6.07 Å². The van der Waals surface area contributed by atoms with Crippen LogP contribution in [0.4, 0.5) is 5.82 Å². The predicted octanol–water partition coefficient (Wildman–Crippen LogP) is 2.72. The van der Waals surface area contributed by atoms with E-state index in [1.54, 1.807) is 18.2 Å². The van der Waals surface area contributed by atoms with Crippen LogP contribution in [0, 0.1) is 0 Å². The van der Waals surface area contributed by atoms with Crippen molar-refractivity contribution in [1.82, 2.24) is 10.2 Å². The van der Waals surface area contributed by atoms with Gasteiger partial charge in [-0.3, -0.25) is 9.82 Å². The largest absolute Gasteiger partial charge is 0.264 e. The van der Waals surface area contributed by atoms with Gasteiger partial charge in [-0.2, -0.15) is 5.10 Å². The molecule has 2 N–H and O–H groups in total. The van der Waals surface area contributed by atoms with Gasteiger partial charge in [0.15, 0.2) is 0 Å². The van der Waals surface area contributed by atoms with Crippen molar-refractivity contribution in [2.24, 2.45) is 0 Å². The molecule has 0 saturated carbocycles. The molecular formula is C13H17N3O2S. The lowest BCUT2D eigenvalue weighted by molar-refractivity contribution is 0.601. The van der Waals surface area contributed by atoms with Gasteiger partial charge < -0.3 is 0 Å². The Morgan fingerprint density at radius 2 is 1.95 bits per heavy atom. The van der Waals surface area contributed by atoms with Crippen molar-refractivity contribution in [3.05, 3.63) is 42.1 Å².